The number of rotatable bonds is 1. The first-order valence-corrected chi connectivity index (χ1v) is 6.04. The van der Waals surface area contributed by atoms with E-state index in [0.717, 1.165) is 11.4 Å². The summed E-state index contributed by atoms with van der Waals surface area (Å²) in [5.74, 6) is -0.0840. The number of amides is 1. The van der Waals surface area contributed by atoms with Crippen molar-refractivity contribution in [2.45, 2.75) is 31.2 Å². The molecule has 0 spiro atoms. The summed E-state index contributed by atoms with van der Waals surface area (Å²) in [7, 11) is 0. The fourth-order valence-corrected chi connectivity index (χ4v) is 2.51. The Balaban J connectivity index is 1.68. The Labute approximate surface area is 104 Å². The summed E-state index contributed by atoms with van der Waals surface area (Å²) in [6.45, 7) is 0.988. The molecule has 7 heteroatoms. The number of aromatic amines is 1. The number of H-pyrrole nitrogens is 1. The third-order valence-electron chi connectivity index (χ3n) is 3.60. The standard InChI is InChI=1S/C11H16N4O3/c16-9-3-15(4-10(9)17)11(18)7-1-6-8(2-12-7)14-5-13-6/h5,7,9-10,12,16-17H,1-4H2,(H,13,14)/t7?,9-,10+. The first-order valence-electron chi connectivity index (χ1n) is 6.04. The predicted octanol–water partition coefficient (Wildman–Crippen LogP) is -2.01. The number of likely N-dealkylation sites (tertiary alicyclic amines) is 1. The Morgan fingerprint density at radius 2 is 2.11 bits per heavy atom. The number of carbonyl (C=O) groups is 1. The summed E-state index contributed by atoms with van der Waals surface area (Å²) in [4.78, 5) is 20.9. The normalized spacial score (nSPS) is 31.4. The van der Waals surface area contributed by atoms with E-state index in [1.165, 1.54) is 4.90 Å². The molecule has 0 aliphatic carbocycles. The maximum absolute atomic E-state index is 12.2. The van der Waals surface area contributed by atoms with Crippen LogP contribution >= 0.6 is 0 Å². The minimum atomic E-state index is -0.835. The molecule has 18 heavy (non-hydrogen) atoms. The minimum Gasteiger partial charge on any atom is -0.388 e. The number of hydrogen-bond acceptors (Lipinski definition) is 5. The predicted molar refractivity (Wildman–Crippen MR) is 61.5 cm³/mol. The van der Waals surface area contributed by atoms with Gasteiger partial charge in [-0.05, 0) is 0 Å². The summed E-state index contributed by atoms with van der Waals surface area (Å²) in [6.07, 6.45) is 0.500. The van der Waals surface area contributed by atoms with Crippen molar-refractivity contribution >= 4 is 5.91 Å². The lowest BCUT2D eigenvalue weighted by Crippen LogP contribution is -2.49. The van der Waals surface area contributed by atoms with Crippen molar-refractivity contribution in [3.63, 3.8) is 0 Å². The smallest absolute Gasteiger partial charge is 0.240 e. The van der Waals surface area contributed by atoms with Crippen LogP contribution in [0.4, 0.5) is 0 Å². The summed E-state index contributed by atoms with van der Waals surface area (Å²) < 4.78 is 0. The molecule has 4 N–H and O–H groups in total. The number of aliphatic hydroxyl groups excluding tert-OH is 2. The van der Waals surface area contributed by atoms with E-state index in [9.17, 15) is 15.0 Å². The monoisotopic (exact) mass is 252 g/mol. The van der Waals surface area contributed by atoms with Crippen molar-refractivity contribution < 1.29 is 15.0 Å². The number of carbonyl (C=O) groups excluding carboxylic acids is 1. The van der Waals surface area contributed by atoms with Crippen LogP contribution in [-0.4, -0.2) is 62.3 Å². The van der Waals surface area contributed by atoms with Gasteiger partial charge in [-0.25, -0.2) is 4.98 Å². The van der Waals surface area contributed by atoms with Gasteiger partial charge < -0.3 is 20.1 Å². The molecule has 3 heterocycles. The Morgan fingerprint density at radius 3 is 2.83 bits per heavy atom. The van der Waals surface area contributed by atoms with E-state index in [0.29, 0.717) is 13.0 Å². The Kier molecular flexibility index (Phi) is 2.81. The second kappa shape index (κ2) is 4.34. The SMILES string of the molecule is O=C(C1Cc2nc[nH]c2CN1)N1C[C@@H](O)[C@@H](O)C1. The number of imidazole rings is 1. The molecular formula is C11H16N4O3. The zero-order chi connectivity index (χ0) is 12.7. The van der Waals surface area contributed by atoms with Crippen LogP contribution in [0.25, 0.3) is 0 Å². The quantitative estimate of drug-likeness (QED) is 0.462. The van der Waals surface area contributed by atoms with E-state index >= 15 is 0 Å². The molecule has 2 aliphatic heterocycles. The molecular weight excluding hydrogens is 236 g/mol. The number of fused-ring (bicyclic) bond motifs is 1. The first kappa shape index (κ1) is 11.6. The molecule has 1 fully saturated rings. The molecule has 3 rings (SSSR count). The molecule has 98 valence electrons. The molecule has 1 aromatic heterocycles. The third kappa shape index (κ3) is 1.90. The van der Waals surface area contributed by atoms with Gasteiger partial charge in [0.2, 0.25) is 5.91 Å². The second-order valence-corrected chi connectivity index (χ2v) is 4.84. The van der Waals surface area contributed by atoms with Crippen molar-refractivity contribution in [1.82, 2.24) is 20.2 Å². The number of nitrogens with zero attached hydrogens (tertiary/aromatic N) is 2. The molecule has 1 amide bonds. The maximum Gasteiger partial charge on any atom is 0.240 e. The van der Waals surface area contributed by atoms with Crippen LogP contribution in [0.3, 0.4) is 0 Å². The summed E-state index contributed by atoms with van der Waals surface area (Å²) in [5.41, 5.74) is 1.92. The summed E-state index contributed by atoms with van der Waals surface area (Å²) in [5, 5.41) is 22.1. The average molecular weight is 252 g/mol. The third-order valence-corrected chi connectivity index (χ3v) is 3.60. The fourth-order valence-electron chi connectivity index (χ4n) is 2.51. The molecule has 3 atom stereocenters. The van der Waals surface area contributed by atoms with Crippen molar-refractivity contribution in [3.05, 3.63) is 17.7 Å². The molecule has 7 nitrogen and oxygen atoms in total. The number of β-amino-alcohol motifs (C(OH)–C–C–N with tert-alkyl or cyclic N) is 2. The summed E-state index contributed by atoms with van der Waals surface area (Å²) in [6, 6.07) is -0.321. The largest absolute Gasteiger partial charge is 0.388 e. The van der Waals surface area contributed by atoms with Gasteiger partial charge in [-0.15, -0.1) is 0 Å². The first-order chi connectivity index (χ1) is 8.65. The Morgan fingerprint density at radius 1 is 1.39 bits per heavy atom. The Hall–Kier alpha value is -1.44. The highest BCUT2D eigenvalue weighted by molar-refractivity contribution is 5.82. The van der Waals surface area contributed by atoms with Gasteiger partial charge in [0.05, 0.1) is 36.0 Å². The van der Waals surface area contributed by atoms with Crippen LogP contribution in [0.1, 0.15) is 11.4 Å². The molecule has 1 unspecified atom stereocenters. The van der Waals surface area contributed by atoms with Crippen molar-refractivity contribution in [2.75, 3.05) is 13.1 Å². The fraction of sp³-hybridized carbons (Fsp3) is 0.636. The second-order valence-electron chi connectivity index (χ2n) is 4.84. The van der Waals surface area contributed by atoms with Gasteiger partial charge in [-0.3, -0.25) is 10.1 Å². The van der Waals surface area contributed by atoms with Gasteiger partial charge in [-0.1, -0.05) is 0 Å². The molecule has 1 saturated heterocycles. The molecule has 2 aliphatic rings. The van der Waals surface area contributed by atoms with E-state index < -0.39 is 12.2 Å². The van der Waals surface area contributed by atoms with Gasteiger partial charge in [0, 0.05) is 26.1 Å². The Bertz CT molecular complexity index is 451. The highest BCUT2D eigenvalue weighted by Gasteiger charge is 2.36. The number of aromatic nitrogens is 2. The van der Waals surface area contributed by atoms with Crippen molar-refractivity contribution in [2.24, 2.45) is 0 Å². The topological polar surface area (TPSA) is 101 Å². The molecule has 0 aromatic carbocycles. The van der Waals surface area contributed by atoms with Crippen LogP contribution in [0.15, 0.2) is 6.33 Å². The summed E-state index contributed by atoms with van der Waals surface area (Å²) >= 11 is 0. The van der Waals surface area contributed by atoms with Gasteiger partial charge in [0.25, 0.3) is 0 Å². The highest BCUT2D eigenvalue weighted by atomic mass is 16.3. The van der Waals surface area contributed by atoms with Crippen LogP contribution in [0, 0.1) is 0 Å². The van der Waals surface area contributed by atoms with Gasteiger partial charge >= 0.3 is 0 Å². The molecule has 1 aromatic rings. The number of aliphatic hydroxyl groups is 2. The molecule has 0 bridgehead atoms. The highest BCUT2D eigenvalue weighted by Crippen LogP contribution is 2.17. The number of nitrogens with one attached hydrogen (secondary N) is 2. The lowest BCUT2D eigenvalue weighted by atomic mass is 10.0. The van der Waals surface area contributed by atoms with Gasteiger partial charge in [0.1, 0.15) is 0 Å². The van der Waals surface area contributed by atoms with E-state index in [1.807, 2.05) is 0 Å². The van der Waals surface area contributed by atoms with Gasteiger partial charge in [-0.2, -0.15) is 0 Å². The van der Waals surface area contributed by atoms with Gasteiger partial charge in [0.15, 0.2) is 0 Å². The van der Waals surface area contributed by atoms with Crippen LogP contribution in [0.5, 0.6) is 0 Å². The van der Waals surface area contributed by atoms with Crippen LogP contribution in [-0.2, 0) is 17.8 Å². The molecule has 0 radical (unpaired) electrons. The van der Waals surface area contributed by atoms with E-state index in [2.05, 4.69) is 15.3 Å². The lowest BCUT2D eigenvalue weighted by Gasteiger charge is -2.26. The average Bonchev–Trinajstić information content (AvgIpc) is 2.95. The zero-order valence-corrected chi connectivity index (χ0v) is 9.83. The maximum atomic E-state index is 12.2. The lowest BCUT2D eigenvalue weighted by molar-refractivity contribution is -0.133. The molecule has 0 saturated carbocycles. The van der Waals surface area contributed by atoms with E-state index in [4.69, 9.17) is 0 Å². The van der Waals surface area contributed by atoms with Crippen molar-refractivity contribution in [3.8, 4) is 0 Å². The van der Waals surface area contributed by atoms with Crippen LogP contribution in [0.2, 0.25) is 0 Å². The van der Waals surface area contributed by atoms with E-state index in [1.54, 1.807) is 6.33 Å². The van der Waals surface area contributed by atoms with Crippen LogP contribution < -0.4 is 5.32 Å². The number of hydrogen-bond donors (Lipinski definition) is 4. The van der Waals surface area contributed by atoms with Crippen molar-refractivity contribution in [1.29, 1.82) is 0 Å². The van der Waals surface area contributed by atoms with E-state index in [-0.39, 0.29) is 25.0 Å². The minimum absolute atomic E-state index is 0.0840. The zero-order valence-electron chi connectivity index (χ0n) is 9.83.